The molecule has 0 spiro atoms. The number of carbonyl (C=O) groups excluding carboxylic acids is 3. The lowest BCUT2D eigenvalue weighted by Gasteiger charge is -2.30. The van der Waals surface area contributed by atoms with Crippen molar-refractivity contribution in [1.29, 1.82) is 0 Å². The van der Waals surface area contributed by atoms with Gasteiger partial charge in [0.2, 0.25) is 11.8 Å². The molecule has 1 aliphatic heterocycles. The molecule has 0 bridgehead atoms. The SMILES string of the molecule is CN1C[C@H](NC(=O)CCNC(=O)c2ccc(F)cc2F)CCC1=O. The van der Waals surface area contributed by atoms with E-state index in [-0.39, 0.29) is 36.4 Å². The summed E-state index contributed by atoms with van der Waals surface area (Å²) in [6.45, 7) is 0.487. The zero-order valence-electron chi connectivity index (χ0n) is 13.3. The predicted octanol–water partition coefficient (Wildman–Crippen LogP) is 0.822. The van der Waals surface area contributed by atoms with Gasteiger partial charge in [-0.25, -0.2) is 8.78 Å². The van der Waals surface area contributed by atoms with Gasteiger partial charge in [-0.2, -0.15) is 0 Å². The molecule has 0 unspecified atom stereocenters. The van der Waals surface area contributed by atoms with E-state index in [1.54, 1.807) is 11.9 Å². The summed E-state index contributed by atoms with van der Waals surface area (Å²) in [5.74, 6) is -2.63. The topological polar surface area (TPSA) is 78.5 Å². The Morgan fingerprint density at radius 2 is 2.08 bits per heavy atom. The molecule has 1 heterocycles. The molecule has 8 heteroatoms. The summed E-state index contributed by atoms with van der Waals surface area (Å²) in [6.07, 6.45) is 1.01. The average molecular weight is 339 g/mol. The van der Waals surface area contributed by atoms with E-state index in [1.807, 2.05) is 0 Å². The van der Waals surface area contributed by atoms with Gasteiger partial charge in [-0.3, -0.25) is 14.4 Å². The van der Waals surface area contributed by atoms with Crippen molar-refractivity contribution >= 4 is 17.7 Å². The number of carbonyl (C=O) groups is 3. The van der Waals surface area contributed by atoms with Gasteiger partial charge >= 0.3 is 0 Å². The van der Waals surface area contributed by atoms with Gasteiger partial charge in [0.1, 0.15) is 11.6 Å². The largest absolute Gasteiger partial charge is 0.352 e. The van der Waals surface area contributed by atoms with Crippen LogP contribution in [0.4, 0.5) is 8.78 Å². The van der Waals surface area contributed by atoms with E-state index >= 15 is 0 Å². The first-order valence-corrected chi connectivity index (χ1v) is 7.63. The maximum Gasteiger partial charge on any atom is 0.254 e. The Kier molecular flexibility index (Phi) is 5.83. The van der Waals surface area contributed by atoms with Crippen LogP contribution in [0.1, 0.15) is 29.6 Å². The number of rotatable bonds is 5. The molecule has 1 aromatic rings. The molecule has 0 aliphatic carbocycles. The first-order chi connectivity index (χ1) is 11.4. The van der Waals surface area contributed by atoms with Gasteiger partial charge in [-0.05, 0) is 18.6 Å². The first kappa shape index (κ1) is 17.8. The lowest BCUT2D eigenvalue weighted by atomic mass is 10.1. The van der Waals surface area contributed by atoms with Crippen molar-refractivity contribution < 1.29 is 23.2 Å². The standard InChI is InChI=1S/C16H19F2N3O3/c1-21-9-11(3-5-15(21)23)20-14(22)6-7-19-16(24)12-4-2-10(17)8-13(12)18/h2,4,8,11H,3,5-7,9H2,1H3,(H,19,24)(H,20,22)/t11-/m1/s1. The zero-order chi connectivity index (χ0) is 17.7. The Bertz CT molecular complexity index is 651. The molecule has 0 radical (unpaired) electrons. The minimum Gasteiger partial charge on any atom is -0.352 e. The van der Waals surface area contributed by atoms with Crippen molar-refractivity contribution in [2.45, 2.75) is 25.3 Å². The highest BCUT2D eigenvalue weighted by Gasteiger charge is 2.23. The van der Waals surface area contributed by atoms with Crippen molar-refractivity contribution in [3.8, 4) is 0 Å². The summed E-state index contributed by atoms with van der Waals surface area (Å²) in [5, 5.41) is 5.21. The van der Waals surface area contributed by atoms with E-state index in [4.69, 9.17) is 0 Å². The van der Waals surface area contributed by atoms with Crippen LogP contribution in [-0.4, -0.2) is 48.8 Å². The average Bonchev–Trinajstić information content (AvgIpc) is 2.50. The molecule has 1 aliphatic rings. The summed E-state index contributed by atoms with van der Waals surface area (Å²) in [6, 6.07) is 2.56. The minimum atomic E-state index is -0.952. The molecule has 2 N–H and O–H groups in total. The normalized spacial score (nSPS) is 17.5. The van der Waals surface area contributed by atoms with Gasteiger partial charge in [-0.1, -0.05) is 0 Å². The van der Waals surface area contributed by atoms with Gasteiger partial charge in [0.25, 0.3) is 5.91 Å². The summed E-state index contributed by atoms with van der Waals surface area (Å²) in [5.41, 5.74) is -0.274. The van der Waals surface area contributed by atoms with E-state index in [0.29, 0.717) is 25.5 Å². The zero-order valence-corrected chi connectivity index (χ0v) is 13.3. The molecular formula is C16H19F2N3O3. The van der Waals surface area contributed by atoms with Crippen molar-refractivity contribution in [3.05, 3.63) is 35.4 Å². The fourth-order valence-corrected chi connectivity index (χ4v) is 2.49. The monoisotopic (exact) mass is 339 g/mol. The van der Waals surface area contributed by atoms with Gasteiger partial charge in [0.15, 0.2) is 0 Å². The van der Waals surface area contributed by atoms with Gasteiger partial charge in [0, 0.05) is 45.1 Å². The lowest BCUT2D eigenvalue weighted by molar-refractivity contribution is -0.134. The third-order valence-electron chi connectivity index (χ3n) is 3.81. The summed E-state index contributed by atoms with van der Waals surface area (Å²) in [7, 11) is 1.68. The van der Waals surface area contributed by atoms with Crippen molar-refractivity contribution in [3.63, 3.8) is 0 Å². The van der Waals surface area contributed by atoms with Crippen LogP contribution >= 0.6 is 0 Å². The third kappa shape index (κ3) is 4.74. The van der Waals surface area contributed by atoms with E-state index < -0.39 is 17.5 Å². The Morgan fingerprint density at radius 3 is 2.75 bits per heavy atom. The molecule has 24 heavy (non-hydrogen) atoms. The summed E-state index contributed by atoms with van der Waals surface area (Å²) >= 11 is 0. The fraction of sp³-hybridized carbons (Fsp3) is 0.438. The molecule has 1 aromatic carbocycles. The van der Waals surface area contributed by atoms with Crippen LogP contribution in [-0.2, 0) is 9.59 Å². The summed E-state index contributed by atoms with van der Waals surface area (Å²) < 4.78 is 26.2. The first-order valence-electron chi connectivity index (χ1n) is 7.63. The molecule has 0 aromatic heterocycles. The van der Waals surface area contributed by atoms with Crippen molar-refractivity contribution in [2.24, 2.45) is 0 Å². The smallest absolute Gasteiger partial charge is 0.254 e. The molecule has 1 atom stereocenters. The Labute approximate surface area is 138 Å². The molecule has 3 amide bonds. The second kappa shape index (κ2) is 7.85. The minimum absolute atomic E-state index is 0.0305. The number of nitrogens with one attached hydrogen (secondary N) is 2. The molecular weight excluding hydrogens is 320 g/mol. The number of likely N-dealkylation sites (N-methyl/N-ethyl adjacent to an activating group) is 1. The maximum atomic E-state index is 13.5. The molecule has 0 saturated carbocycles. The van der Waals surface area contributed by atoms with E-state index in [1.165, 1.54) is 0 Å². The Hall–Kier alpha value is -2.51. The quantitative estimate of drug-likeness (QED) is 0.834. The number of benzene rings is 1. The number of likely N-dealkylation sites (tertiary alicyclic amines) is 1. The Balaban J connectivity index is 1.74. The van der Waals surface area contributed by atoms with E-state index in [9.17, 15) is 23.2 Å². The van der Waals surface area contributed by atoms with Crippen LogP contribution in [0.3, 0.4) is 0 Å². The van der Waals surface area contributed by atoms with Crippen LogP contribution < -0.4 is 10.6 Å². The number of hydrogen-bond donors (Lipinski definition) is 2. The second-order valence-electron chi connectivity index (χ2n) is 5.71. The van der Waals surface area contributed by atoms with Gasteiger partial charge in [0.05, 0.1) is 5.56 Å². The number of amides is 3. The molecule has 130 valence electrons. The lowest BCUT2D eigenvalue weighted by Crippen LogP contribution is -2.48. The number of nitrogens with zero attached hydrogens (tertiary/aromatic N) is 1. The maximum absolute atomic E-state index is 13.5. The van der Waals surface area contributed by atoms with Crippen LogP contribution in [0.5, 0.6) is 0 Å². The van der Waals surface area contributed by atoms with Crippen molar-refractivity contribution in [2.75, 3.05) is 20.1 Å². The van der Waals surface area contributed by atoms with E-state index in [2.05, 4.69) is 10.6 Å². The van der Waals surface area contributed by atoms with Gasteiger partial charge in [-0.15, -0.1) is 0 Å². The Morgan fingerprint density at radius 1 is 1.33 bits per heavy atom. The molecule has 2 rings (SSSR count). The number of halogens is 2. The number of hydrogen-bond acceptors (Lipinski definition) is 3. The van der Waals surface area contributed by atoms with Gasteiger partial charge < -0.3 is 15.5 Å². The molecule has 1 fully saturated rings. The fourth-order valence-electron chi connectivity index (χ4n) is 2.49. The molecule has 6 nitrogen and oxygen atoms in total. The predicted molar refractivity (Wildman–Crippen MR) is 82.1 cm³/mol. The van der Waals surface area contributed by atoms with E-state index in [0.717, 1.165) is 12.1 Å². The number of piperidine rings is 1. The highest BCUT2D eigenvalue weighted by molar-refractivity contribution is 5.94. The highest BCUT2D eigenvalue weighted by Crippen LogP contribution is 2.10. The van der Waals surface area contributed by atoms with Crippen molar-refractivity contribution in [1.82, 2.24) is 15.5 Å². The van der Waals surface area contributed by atoms with Crippen LogP contribution in [0, 0.1) is 11.6 Å². The van der Waals surface area contributed by atoms with Crippen LogP contribution in [0.2, 0.25) is 0 Å². The van der Waals surface area contributed by atoms with Crippen LogP contribution in [0.25, 0.3) is 0 Å². The van der Waals surface area contributed by atoms with Crippen LogP contribution in [0.15, 0.2) is 18.2 Å². The highest BCUT2D eigenvalue weighted by atomic mass is 19.1. The molecule has 1 saturated heterocycles. The second-order valence-corrected chi connectivity index (χ2v) is 5.71. The third-order valence-corrected chi connectivity index (χ3v) is 3.81. The summed E-state index contributed by atoms with van der Waals surface area (Å²) in [4.78, 5) is 36.5.